The maximum Gasteiger partial charge on any atom is 0.412 e. The summed E-state index contributed by atoms with van der Waals surface area (Å²) >= 11 is 0. The molecule has 3 rings (SSSR count). The van der Waals surface area contributed by atoms with E-state index in [1.807, 2.05) is 35.2 Å². The second-order valence-electron chi connectivity index (χ2n) is 9.00. The number of hydrogen-bond donors (Lipinski definition) is 2. The molecule has 0 bridgehead atoms. The van der Waals surface area contributed by atoms with Gasteiger partial charge in [0.15, 0.2) is 0 Å². The van der Waals surface area contributed by atoms with E-state index in [-0.39, 0.29) is 17.9 Å². The van der Waals surface area contributed by atoms with Gasteiger partial charge in [-0.1, -0.05) is 30.3 Å². The molecule has 3 amide bonds. The van der Waals surface area contributed by atoms with Gasteiger partial charge in [0, 0.05) is 30.4 Å². The minimum absolute atomic E-state index is 0.0608. The van der Waals surface area contributed by atoms with Crippen LogP contribution in [0.25, 0.3) is 0 Å². The van der Waals surface area contributed by atoms with E-state index < -0.39 is 11.7 Å². The molecule has 2 aromatic carbocycles. The molecule has 0 atom stereocenters. The minimum atomic E-state index is -0.561. The van der Waals surface area contributed by atoms with Crippen molar-refractivity contribution in [3.8, 4) is 0 Å². The van der Waals surface area contributed by atoms with Gasteiger partial charge < -0.3 is 15.0 Å². The molecule has 1 heterocycles. The molecule has 0 unspecified atom stereocenters. The number of hydrogen-bond acceptors (Lipinski definition) is 4. The fourth-order valence-corrected chi connectivity index (χ4v) is 3.55. The molecule has 1 saturated heterocycles. The summed E-state index contributed by atoms with van der Waals surface area (Å²) in [6, 6.07) is 16.4. The van der Waals surface area contributed by atoms with E-state index in [0.717, 1.165) is 18.4 Å². The molecule has 32 heavy (non-hydrogen) atoms. The molecule has 7 heteroatoms. The number of amides is 3. The Kier molecular flexibility index (Phi) is 7.51. The molecular weight excluding hydrogens is 406 g/mol. The van der Waals surface area contributed by atoms with Gasteiger partial charge in [0.25, 0.3) is 5.91 Å². The first kappa shape index (κ1) is 23.3. The topological polar surface area (TPSA) is 87.7 Å². The molecule has 170 valence electrons. The van der Waals surface area contributed by atoms with Crippen LogP contribution in [-0.4, -0.2) is 47.5 Å². The van der Waals surface area contributed by atoms with Crippen LogP contribution < -0.4 is 10.6 Å². The van der Waals surface area contributed by atoms with E-state index in [0.29, 0.717) is 30.8 Å². The van der Waals surface area contributed by atoms with Crippen molar-refractivity contribution in [2.45, 2.75) is 51.7 Å². The second-order valence-corrected chi connectivity index (χ2v) is 9.00. The van der Waals surface area contributed by atoms with E-state index in [4.69, 9.17) is 4.74 Å². The van der Waals surface area contributed by atoms with Crippen molar-refractivity contribution in [3.05, 3.63) is 65.7 Å². The molecule has 0 radical (unpaired) electrons. The number of benzene rings is 2. The van der Waals surface area contributed by atoms with Gasteiger partial charge in [0.05, 0.1) is 6.42 Å². The van der Waals surface area contributed by atoms with E-state index in [1.54, 1.807) is 45.0 Å². The largest absolute Gasteiger partial charge is 0.444 e. The highest BCUT2D eigenvalue weighted by Gasteiger charge is 2.24. The number of carbonyl (C=O) groups excluding carboxylic acids is 3. The van der Waals surface area contributed by atoms with Crippen molar-refractivity contribution in [1.82, 2.24) is 10.2 Å². The fourth-order valence-electron chi connectivity index (χ4n) is 3.55. The zero-order valence-electron chi connectivity index (χ0n) is 18.9. The molecule has 2 N–H and O–H groups in total. The zero-order valence-corrected chi connectivity index (χ0v) is 18.9. The maximum absolute atomic E-state index is 12.7. The number of carbonyl (C=O) groups is 3. The summed E-state index contributed by atoms with van der Waals surface area (Å²) in [5.74, 6) is -0.0128. The summed E-state index contributed by atoms with van der Waals surface area (Å²) in [7, 11) is 0. The lowest BCUT2D eigenvalue weighted by molar-refractivity contribution is -0.131. The van der Waals surface area contributed by atoms with Crippen LogP contribution in [-0.2, 0) is 16.0 Å². The van der Waals surface area contributed by atoms with Crippen LogP contribution in [0.5, 0.6) is 0 Å². The zero-order chi connectivity index (χ0) is 23.1. The number of likely N-dealkylation sites (tertiary alicyclic amines) is 1. The van der Waals surface area contributed by atoms with Crippen LogP contribution in [0.4, 0.5) is 10.5 Å². The number of ether oxygens (including phenoxy) is 1. The number of rotatable bonds is 5. The van der Waals surface area contributed by atoms with Crippen molar-refractivity contribution in [3.63, 3.8) is 0 Å². The van der Waals surface area contributed by atoms with Crippen LogP contribution in [0.3, 0.4) is 0 Å². The number of nitrogens with zero attached hydrogens (tertiary/aromatic N) is 1. The van der Waals surface area contributed by atoms with Crippen LogP contribution in [0.15, 0.2) is 54.6 Å². The molecule has 2 aromatic rings. The third-order valence-corrected chi connectivity index (χ3v) is 5.17. The van der Waals surface area contributed by atoms with E-state index in [2.05, 4.69) is 10.6 Å². The Morgan fingerprint density at radius 3 is 2.19 bits per heavy atom. The molecule has 0 aromatic heterocycles. The minimum Gasteiger partial charge on any atom is -0.444 e. The first-order valence-electron chi connectivity index (χ1n) is 10.9. The fraction of sp³-hybridized carbons (Fsp3) is 0.400. The second kappa shape index (κ2) is 10.3. The highest BCUT2D eigenvalue weighted by molar-refractivity contribution is 5.94. The first-order chi connectivity index (χ1) is 15.2. The molecule has 7 nitrogen and oxygen atoms in total. The van der Waals surface area contributed by atoms with Gasteiger partial charge in [0.2, 0.25) is 5.91 Å². The van der Waals surface area contributed by atoms with Crippen LogP contribution in [0, 0.1) is 0 Å². The van der Waals surface area contributed by atoms with Crippen LogP contribution in [0.2, 0.25) is 0 Å². The molecule has 0 spiro atoms. The molecule has 1 aliphatic rings. The molecule has 0 saturated carbocycles. The van der Waals surface area contributed by atoms with Crippen molar-refractivity contribution in [1.29, 1.82) is 0 Å². The van der Waals surface area contributed by atoms with E-state index in [9.17, 15) is 14.4 Å². The van der Waals surface area contributed by atoms with Gasteiger partial charge in [-0.05, 0) is 63.4 Å². The van der Waals surface area contributed by atoms with Gasteiger partial charge >= 0.3 is 6.09 Å². The van der Waals surface area contributed by atoms with E-state index in [1.165, 1.54) is 0 Å². The average Bonchev–Trinajstić information content (AvgIpc) is 2.75. The van der Waals surface area contributed by atoms with Crippen molar-refractivity contribution in [2.75, 3.05) is 18.4 Å². The third kappa shape index (κ3) is 7.11. The third-order valence-electron chi connectivity index (χ3n) is 5.17. The van der Waals surface area contributed by atoms with Crippen LogP contribution >= 0.6 is 0 Å². The lowest BCUT2D eigenvalue weighted by Gasteiger charge is -2.32. The molecule has 1 fully saturated rings. The summed E-state index contributed by atoms with van der Waals surface area (Å²) in [6.07, 6.45) is 1.27. The number of anilines is 1. The lowest BCUT2D eigenvalue weighted by atomic mass is 10.0. The van der Waals surface area contributed by atoms with Crippen molar-refractivity contribution in [2.24, 2.45) is 0 Å². The Morgan fingerprint density at radius 1 is 0.969 bits per heavy atom. The lowest BCUT2D eigenvalue weighted by Crippen LogP contribution is -2.46. The van der Waals surface area contributed by atoms with Crippen molar-refractivity contribution >= 4 is 23.6 Å². The van der Waals surface area contributed by atoms with Crippen LogP contribution in [0.1, 0.15) is 49.5 Å². The summed E-state index contributed by atoms with van der Waals surface area (Å²) in [5, 5.41) is 5.74. The SMILES string of the molecule is CC(C)(C)OC(=O)Nc1ccc(CC(=O)N2CCC(NC(=O)c3ccccc3)CC2)cc1. The highest BCUT2D eigenvalue weighted by atomic mass is 16.6. The summed E-state index contributed by atoms with van der Waals surface area (Å²) in [5.41, 5.74) is 1.58. The Morgan fingerprint density at radius 2 is 1.59 bits per heavy atom. The van der Waals surface area contributed by atoms with Gasteiger partial charge in [-0.15, -0.1) is 0 Å². The average molecular weight is 438 g/mol. The van der Waals surface area contributed by atoms with E-state index >= 15 is 0 Å². The number of piperidine rings is 1. The normalized spacial score (nSPS) is 14.5. The first-order valence-corrected chi connectivity index (χ1v) is 10.9. The molecule has 1 aliphatic heterocycles. The molecule has 0 aliphatic carbocycles. The Labute approximate surface area is 189 Å². The Bertz CT molecular complexity index is 928. The van der Waals surface area contributed by atoms with Gasteiger partial charge in [0.1, 0.15) is 5.60 Å². The summed E-state index contributed by atoms with van der Waals surface area (Å²) in [4.78, 5) is 38.7. The smallest absolute Gasteiger partial charge is 0.412 e. The summed E-state index contributed by atoms with van der Waals surface area (Å²) in [6.45, 7) is 6.66. The highest BCUT2D eigenvalue weighted by Crippen LogP contribution is 2.16. The maximum atomic E-state index is 12.7. The quantitative estimate of drug-likeness (QED) is 0.740. The van der Waals surface area contributed by atoms with Gasteiger partial charge in [-0.2, -0.15) is 0 Å². The standard InChI is InChI=1S/C25H31N3O4/c1-25(2,3)32-24(31)27-20-11-9-18(10-12-20)17-22(29)28-15-13-21(14-16-28)26-23(30)19-7-5-4-6-8-19/h4-12,21H,13-17H2,1-3H3,(H,26,30)(H,27,31). The Hall–Kier alpha value is -3.35. The predicted octanol–water partition coefficient (Wildman–Crippen LogP) is 4.00. The Balaban J connectivity index is 1.43. The predicted molar refractivity (Wildman–Crippen MR) is 124 cm³/mol. The monoisotopic (exact) mass is 437 g/mol. The number of nitrogens with one attached hydrogen (secondary N) is 2. The van der Waals surface area contributed by atoms with Gasteiger partial charge in [-0.25, -0.2) is 4.79 Å². The van der Waals surface area contributed by atoms with Gasteiger partial charge in [-0.3, -0.25) is 14.9 Å². The summed E-state index contributed by atoms with van der Waals surface area (Å²) < 4.78 is 5.24. The van der Waals surface area contributed by atoms with Crippen molar-refractivity contribution < 1.29 is 19.1 Å². The molecular formula is C25H31N3O4.